The number of aliphatic hydroxyl groups is 1. The first kappa shape index (κ1) is 15.0. The van der Waals surface area contributed by atoms with Crippen LogP contribution >= 0.6 is 0 Å². The largest absolute Gasteiger partial charge is 0.497 e. The first-order valence-electron chi connectivity index (χ1n) is 6.49. The Kier molecular flexibility index (Phi) is 5.63. The molecule has 0 fully saturated rings. The predicted molar refractivity (Wildman–Crippen MR) is 75.1 cm³/mol. The molecule has 3 heteroatoms. The van der Waals surface area contributed by atoms with Gasteiger partial charge in [0.2, 0.25) is 0 Å². The molecule has 102 valence electrons. The molecule has 0 saturated heterocycles. The van der Waals surface area contributed by atoms with Crippen LogP contribution in [0.1, 0.15) is 25.3 Å². The molecule has 1 aromatic rings. The molecule has 0 spiro atoms. The molecule has 0 unspecified atom stereocenters. The lowest BCUT2D eigenvalue weighted by Gasteiger charge is -2.28. The van der Waals surface area contributed by atoms with Gasteiger partial charge in [-0.15, -0.1) is 0 Å². The number of hydrogen-bond acceptors (Lipinski definition) is 3. The molecular formula is C15H25NO2. The minimum absolute atomic E-state index is 0.628. The molecule has 1 aromatic carbocycles. The van der Waals surface area contributed by atoms with E-state index in [1.54, 1.807) is 7.11 Å². The molecule has 0 radical (unpaired) electrons. The lowest BCUT2D eigenvalue weighted by Crippen LogP contribution is -2.34. The molecule has 0 aliphatic heterocycles. The SMILES string of the molecule is CC[C@](O)(CCN(C)C)Cc1cccc(OC)c1. The molecule has 0 heterocycles. The smallest absolute Gasteiger partial charge is 0.119 e. The van der Waals surface area contributed by atoms with Gasteiger partial charge in [-0.1, -0.05) is 19.1 Å². The topological polar surface area (TPSA) is 32.7 Å². The highest BCUT2D eigenvalue weighted by molar-refractivity contribution is 5.29. The Morgan fingerprint density at radius 1 is 1.33 bits per heavy atom. The molecule has 1 N–H and O–H groups in total. The van der Waals surface area contributed by atoms with E-state index < -0.39 is 5.60 Å². The molecule has 0 amide bonds. The summed E-state index contributed by atoms with van der Waals surface area (Å²) in [5.74, 6) is 0.846. The van der Waals surface area contributed by atoms with E-state index >= 15 is 0 Å². The number of methoxy groups -OCH3 is 1. The van der Waals surface area contributed by atoms with Gasteiger partial charge in [-0.05, 0) is 44.6 Å². The van der Waals surface area contributed by atoms with Crippen molar-refractivity contribution in [1.29, 1.82) is 0 Å². The quantitative estimate of drug-likeness (QED) is 0.807. The van der Waals surface area contributed by atoms with Crippen molar-refractivity contribution in [2.24, 2.45) is 0 Å². The second-order valence-electron chi connectivity index (χ2n) is 5.16. The molecule has 0 aliphatic rings. The van der Waals surface area contributed by atoms with E-state index in [0.717, 1.165) is 30.7 Å². The van der Waals surface area contributed by atoms with Crippen molar-refractivity contribution in [3.63, 3.8) is 0 Å². The van der Waals surface area contributed by atoms with Crippen LogP contribution in [0, 0.1) is 0 Å². The summed E-state index contributed by atoms with van der Waals surface area (Å²) in [6.07, 6.45) is 2.22. The second-order valence-corrected chi connectivity index (χ2v) is 5.16. The normalized spacial score (nSPS) is 14.6. The van der Waals surface area contributed by atoms with Gasteiger partial charge >= 0.3 is 0 Å². The third-order valence-electron chi connectivity index (χ3n) is 3.35. The molecular weight excluding hydrogens is 226 g/mol. The summed E-state index contributed by atoms with van der Waals surface area (Å²) >= 11 is 0. The fraction of sp³-hybridized carbons (Fsp3) is 0.600. The minimum Gasteiger partial charge on any atom is -0.497 e. The molecule has 18 heavy (non-hydrogen) atoms. The molecule has 0 aromatic heterocycles. The highest BCUT2D eigenvalue weighted by Gasteiger charge is 2.25. The molecule has 3 nitrogen and oxygen atoms in total. The second kappa shape index (κ2) is 6.76. The summed E-state index contributed by atoms with van der Waals surface area (Å²) in [6, 6.07) is 7.93. The molecule has 1 atom stereocenters. The van der Waals surface area contributed by atoms with Crippen LogP contribution in [0.3, 0.4) is 0 Å². The van der Waals surface area contributed by atoms with E-state index in [1.807, 2.05) is 45.3 Å². The van der Waals surface area contributed by atoms with E-state index in [4.69, 9.17) is 4.74 Å². The molecule has 0 saturated carbocycles. The van der Waals surface area contributed by atoms with Crippen LogP contribution in [0.4, 0.5) is 0 Å². The van der Waals surface area contributed by atoms with Crippen molar-refractivity contribution in [3.8, 4) is 5.75 Å². The fourth-order valence-corrected chi connectivity index (χ4v) is 1.98. The van der Waals surface area contributed by atoms with E-state index in [-0.39, 0.29) is 0 Å². The van der Waals surface area contributed by atoms with Crippen LogP contribution in [0.5, 0.6) is 5.75 Å². The van der Waals surface area contributed by atoms with E-state index in [1.165, 1.54) is 0 Å². The number of nitrogens with zero attached hydrogens (tertiary/aromatic N) is 1. The van der Waals surface area contributed by atoms with Gasteiger partial charge in [0.05, 0.1) is 12.7 Å². The third kappa shape index (κ3) is 4.67. The maximum atomic E-state index is 10.6. The van der Waals surface area contributed by atoms with Gasteiger partial charge < -0.3 is 14.7 Å². The van der Waals surface area contributed by atoms with Gasteiger partial charge in [0.25, 0.3) is 0 Å². The van der Waals surface area contributed by atoms with Crippen LogP contribution < -0.4 is 4.74 Å². The van der Waals surface area contributed by atoms with E-state index in [2.05, 4.69) is 4.90 Å². The summed E-state index contributed by atoms with van der Waals surface area (Å²) in [7, 11) is 5.72. The average Bonchev–Trinajstić information content (AvgIpc) is 2.36. The highest BCUT2D eigenvalue weighted by atomic mass is 16.5. The fourth-order valence-electron chi connectivity index (χ4n) is 1.98. The average molecular weight is 251 g/mol. The van der Waals surface area contributed by atoms with E-state index in [0.29, 0.717) is 6.42 Å². The molecule has 1 rings (SSSR count). The zero-order valence-electron chi connectivity index (χ0n) is 11.9. The summed E-state index contributed by atoms with van der Waals surface area (Å²) in [4.78, 5) is 2.10. The van der Waals surface area contributed by atoms with Crippen LogP contribution in [0.2, 0.25) is 0 Å². The minimum atomic E-state index is -0.628. The standard InChI is InChI=1S/C15H25NO2/c1-5-15(17,9-10-16(2)3)12-13-7-6-8-14(11-13)18-4/h6-8,11,17H,5,9-10,12H2,1-4H3/t15-/m0/s1. The Labute approximate surface area is 110 Å². The van der Waals surface area contributed by atoms with Crippen molar-refractivity contribution in [3.05, 3.63) is 29.8 Å². The highest BCUT2D eigenvalue weighted by Crippen LogP contribution is 2.23. The Bertz CT molecular complexity index is 365. The van der Waals surface area contributed by atoms with Crippen LogP contribution in [0.25, 0.3) is 0 Å². The number of benzene rings is 1. The van der Waals surface area contributed by atoms with Gasteiger partial charge in [0, 0.05) is 13.0 Å². The Hall–Kier alpha value is -1.06. The van der Waals surface area contributed by atoms with Gasteiger partial charge in [0.1, 0.15) is 5.75 Å². The number of hydrogen-bond donors (Lipinski definition) is 1. The van der Waals surface area contributed by atoms with Gasteiger partial charge in [0.15, 0.2) is 0 Å². The van der Waals surface area contributed by atoms with E-state index in [9.17, 15) is 5.11 Å². The lowest BCUT2D eigenvalue weighted by atomic mass is 9.88. The zero-order chi connectivity index (χ0) is 13.6. The maximum Gasteiger partial charge on any atom is 0.119 e. The van der Waals surface area contributed by atoms with Crippen LogP contribution in [-0.4, -0.2) is 43.4 Å². The van der Waals surface area contributed by atoms with Gasteiger partial charge in [-0.2, -0.15) is 0 Å². The van der Waals surface area contributed by atoms with Crippen LogP contribution in [0.15, 0.2) is 24.3 Å². The monoisotopic (exact) mass is 251 g/mol. The first-order chi connectivity index (χ1) is 8.49. The molecule has 0 aliphatic carbocycles. The Balaban J connectivity index is 2.71. The summed E-state index contributed by atoms with van der Waals surface area (Å²) in [5.41, 5.74) is 0.494. The summed E-state index contributed by atoms with van der Waals surface area (Å²) in [6.45, 7) is 2.93. The van der Waals surface area contributed by atoms with Crippen LogP contribution in [-0.2, 0) is 6.42 Å². The van der Waals surface area contributed by atoms with Crippen molar-refractivity contribution in [1.82, 2.24) is 4.90 Å². The Morgan fingerprint density at radius 2 is 2.06 bits per heavy atom. The Morgan fingerprint density at radius 3 is 2.61 bits per heavy atom. The number of ether oxygens (including phenoxy) is 1. The first-order valence-corrected chi connectivity index (χ1v) is 6.49. The van der Waals surface area contributed by atoms with Crippen molar-refractivity contribution in [2.45, 2.75) is 31.8 Å². The van der Waals surface area contributed by atoms with Crippen molar-refractivity contribution >= 4 is 0 Å². The van der Waals surface area contributed by atoms with Gasteiger partial charge in [-0.3, -0.25) is 0 Å². The van der Waals surface area contributed by atoms with Crippen molar-refractivity contribution in [2.75, 3.05) is 27.7 Å². The summed E-state index contributed by atoms with van der Waals surface area (Å²) in [5, 5.41) is 10.6. The maximum absolute atomic E-state index is 10.6. The zero-order valence-corrected chi connectivity index (χ0v) is 11.9. The lowest BCUT2D eigenvalue weighted by molar-refractivity contribution is 0.0216. The third-order valence-corrected chi connectivity index (χ3v) is 3.35. The molecule has 0 bridgehead atoms. The van der Waals surface area contributed by atoms with Gasteiger partial charge in [-0.25, -0.2) is 0 Å². The predicted octanol–water partition coefficient (Wildman–Crippen LogP) is 2.33. The van der Waals surface area contributed by atoms with Crippen molar-refractivity contribution < 1.29 is 9.84 Å². The summed E-state index contributed by atoms with van der Waals surface area (Å²) < 4.78 is 5.21. The number of rotatable bonds is 7.